The van der Waals surface area contributed by atoms with Crippen LogP contribution in [-0.4, -0.2) is 19.1 Å². The van der Waals surface area contributed by atoms with E-state index in [-0.39, 0.29) is 11.9 Å². The number of para-hydroxylation sites is 1. The molecule has 0 amide bonds. The molecule has 0 spiro atoms. The quantitative estimate of drug-likeness (QED) is 0.908. The molecule has 19 heavy (non-hydrogen) atoms. The number of piperidine rings is 1. The van der Waals surface area contributed by atoms with Crippen molar-refractivity contribution in [2.45, 2.75) is 39.7 Å². The van der Waals surface area contributed by atoms with Gasteiger partial charge in [0.05, 0.1) is 5.69 Å². The molecule has 2 nitrogen and oxygen atoms in total. The molecule has 3 heteroatoms. The fourth-order valence-electron chi connectivity index (χ4n) is 2.89. The number of rotatable bonds is 3. The summed E-state index contributed by atoms with van der Waals surface area (Å²) in [7, 11) is 0. The third-order valence-corrected chi connectivity index (χ3v) is 4.26. The zero-order valence-corrected chi connectivity index (χ0v) is 12.2. The van der Waals surface area contributed by atoms with E-state index in [4.69, 9.17) is 5.73 Å². The van der Waals surface area contributed by atoms with E-state index >= 15 is 0 Å². The third kappa shape index (κ3) is 3.27. The average Bonchev–Trinajstić information content (AvgIpc) is 2.32. The first-order chi connectivity index (χ1) is 8.99. The largest absolute Gasteiger partial charge is 0.369 e. The second-order valence-corrected chi connectivity index (χ2v) is 6.12. The van der Waals surface area contributed by atoms with Crippen LogP contribution < -0.4 is 10.6 Å². The highest BCUT2D eigenvalue weighted by Crippen LogP contribution is 2.31. The van der Waals surface area contributed by atoms with Gasteiger partial charge in [0.25, 0.3) is 0 Å². The molecule has 3 atom stereocenters. The Morgan fingerprint density at radius 3 is 2.74 bits per heavy atom. The van der Waals surface area contributed by atoms with Crippen molar-refractivity contribution in [3.63, 3.8) is 0 Å². The fraction of sp³-hybridized carbons (Fsp3) is 0.625. The van der Waals surface area contributed by atoms with E-state index in [0.717, 1.165) is 43.1 Å². The molecule has 3 unspecified atom stereocenters. The molecule has 0 bridgehead atoms. The predicted molar refractivity (Wildman–Crippen MR) is 78.9 cm³/mol. The summed E-state index contributed by atoms with van der Waals surface area (Å²) in [6, 6.07) is 5.40. The van der Waals surface area contributed by atoms with Crippen LogP contribution in [0.3, 0.4) is 0 Å². The number of anilines is 1. The highest BCUT2D eigenvalue weighted by atomic mass is 19.1. The molecule has 2 rings (SSSR count). The summed E-state index contributed by atoms with van der Waals surface area (Å²) in [5.74, 6) is 1.22. The SMILES string of the molecule is CC(N)Cc1cccc(F)c1N1CCC(C)C(C)C1. The van der Waals surface area contributed by atoms with E-state index in [0.29, 0.717) is 5.92 Å². The minimum atomic E-state index is -0.111. The Kier molecular flexibility index (Phi) is 4.46. The number of hydrogen-bond donors (Lipinski definition) is 1. The summed E-state index contributed by atoms with van der Waals surface area (Å²) in [5.41, 5.74) is 7.70. The van der Waals surface area contributed by atoms with Crippen molar-refractivity contribution in [1.82, 2.24) is 0 Å². The Morgan fingerprint density at radius 1 is 1.37 bits per heavy atom. The summed E-state index contributed by atoms with van der Waals surface area (Å²) in [4.78, 5) is 2.21. The molecule has 1 fully saturated rings. The van der Waals surface area contributed by atoms with Gasteiger partial charge in [-0.2, -0.15) is 0 Å². The van der Waals surface area contributed by atoms with E-state index in [1.165, 1.54) is 0 Å². The van der Waals surface area contributed by atoms with Gasteiger partial charge in [-0.05, 0) is 43.2 Å². The van der Waals surface area contributed by atoms with Crippen LogP contribution in [0.15, 0.2) is 18.2 Å². The molecule has 1 aliphatic heterocycles. The first kappa shape index (κ1) is 14.3. The maximum atomic E-state index is 14.2. The molecule has 1 heterocycles. The molecule has 1 aromatic carbocycles. The van der Waals surface area contributed by atoms with Crippen LogP contribution in [0, 0.1) is 17.7 Å². The van der Waals surface area contributed by atoms with E-state index < -0.39 is 0 Å². The zero-order valence-electron chi connectivity index (χ0n) is 12.2. The van der Waals surface area contributed by atoms with Crippen LogP contribution in [0.4, 0.5) is 10.1 Å². The highest BCUT2D eigenvalue weighted by molar-refractivity contribution is 5.55. The molecule has 2 N–H and O–H groups in total. The van der Waals surface area contributed by atoms with Crippen molar-refractivity contribution in [3.05, 3.63) is 29.6 Å². The summed E-state index contributed by atoms with van der Waals surface area (Å²) in [6.45, 7) is 8.39. The molecule has 0 saturated carbocycles. The van der Waals surface area contributed by atoms with E-state index in [1.54, 1.807) is 12.1 Å². The number of nitrogens with two attached hydrogens (primary N) is 1. The predicted octanol–water partition coefficient (Wildman–Crippen LogP) is 3.20. The Labute approximate surface area is 115 Å². The Morgan fingerprint density at radius 2 is 2.11 bits per heavy atom. The van der Waals surface area contributed by atoms with Gasteiger partial charge in [-0.3, -0.25) is 0 Å². The van der Waals surface area contributed by atoms with Gasteiger partial charge in [0.2, 0.25) is 0 Å². The Hall–Kier alpha value is -1.09. The molecule has 1 saturated heterocycles. The molecule has 1 aromatic rings. The van der Waals surface area contributed by atoms with Crippen LogP contribution in [0.2, 0.25) is 0 Å². The maximum absolute atomic E-state index is 14.2. The topological polar surface area (TPSA) is 29.3 Å². The van der Waals surface area contributed by atoms with Crippen LogP contribution in [0.5, 0.6) is 0 Å². The highest BCUT2D eigenvalue weighted by Gasteiger charge is 2.26. The monoisotopic (exact) mass is 264 g/mol. The molecular formula is C16H25FN2. The number of halogens is 1. The van der Waals surface area contributed by atoms with E-state index in [1.807, 2.05) is 13.0 Å². The smallest absolute Gasteiger partial charge is 0.146 e. The lowest BCUT2D eigenvalue weighted by Crippen LogP contribution is -2.39. The summed E-state index contributed by atoms with van der Waals surface area (Å²) >= 11 is 0. The number of benzene rings is 1. The fourth-order valence-corrected chi connectivity index (χ4v) is 2.89. The van der Waals surface area contributed by atoms with Crippen LogP contribution in [0.1, 0.15) is 32.8 Å². The van der Waals surface area contributed by atoms with E-state index in [2.05, 4.69) is 18.7 Å². The van der Waals surface area contributed by atoms with E-state index in [9.17, 15) is 4.39 Å². The lowest BCUT2D eigenvalue weighted by Gasteiger charge is -2.38. The van der Waals surface area contributed by atoms with Crippen LogP contribution in [0.25, 0.3) is 0 Å². The van der Waals surface area contributed by atoms with Gasteiger partial charge in [0.1, 0.15) is 5.82 Å². The standard InChI is InChI=1S/C16H25FN2/c1-11-7-8-19(10-12(11)2)16-14(9-13(3)18)5-4-6-15(16)17/h4-6,11-13H,7-10,18H2,1-3H3. The molecule has 106 valence electrons. The Balaban J connectivity index is 2.27. The van der Waals surface area contributed by atoms with Crippen molar-refractivity contribution in [3.8, 4) is 0 Å². The van der Waals surface area contributed by atoms with Crippen molar-refractivity contribution >= 4 is 5.69 Å². The van der Waals surface area contributed by atoms with Crippen molar-refractivity contribution in [2.24, 2.45) is 17.6 Å². The first-order valence-corrected chi connectivity index (χ1v) is 7.27. The second kappa shape index (κ2) is 5.91. The number of hydrogen-bond acceptors (Lipinski definition) is 2. The van der Waals surface area contributed by atoms with Crippen LogP contribution in [-0.2, 0) is 6.42 Å². The summed E-state index contributed by atoms with van der Waals surface area (Å²) in [6.07, 6.45) is 1.86. The summed E-state index contributed by atoms with van der Waals surface area (Å²) < 4.78 is 14.2. The van der Waals surface area contributed by atoms with Gasteiger partial charge in [0, 0.05) is 19.1 Å². The lowest BCUT2D eigenvalue weighted by atomic mass is 9.88. The van der Waals surface area contributed by atoms with Gasteiger partial charge in [-0.25, -0.2) is 4.39 Å². The van der Waals surface area contributed by atoms with Gasteiger partial charge in [-0.15, -0.1) is 0 Å². The van der Waals surface area contributed by atoms with Gasteiger partial charge in [-0.1, -0.05) is 26.0 Å². The van der Waals surface area contributed by atoms with Gasteiger partial charge in [0.15, 0.2) is 0 Å². The third-order valence-electron chi connectivity index (χ3n) is 4.26. The number of nitrogens with zero attached hydrogens (tertiary/aromatic N) is 1. The summed E-state index contributed by atoms with van der Waals surface area (Å²) in [5, 5.41) is 0. The normalized spacial score (nSPS) is 25.4. The van der Waals surface area contributed by atoms with Gasteiger partial charge >= 0.3 is 0 Å². The molecule has 0 aliphatic carbocycles. The first-order valence-electron chi connectivity index (χ1n) is 7.27. The lowest BCUT2D eigenvalue weighted by molar-refractivity contribution is 0.322. The molecular weight excluding hydrogens is 239 g/mol. The molecule has 0 aromatic heterocycles. The zero-order chi connectivity index (χ0) is 14.0. The van der Waals surface area contributed by atoms with Crippen molar-refractivity contribution in [2.75, 3.05) is 18.0 Å². The minimum absolute atomic E-state index is 0.0571. The average molecular weight is 264 g/mol. The Bertz CT molecular complexity index is 431. The minimum Gasteiger partial charge on any atom is -0.369 e. The van der Waals surface area contributed by atoms with Crippen molar-refractivity contribution in [1.29, 1.82) is 0 Å². The van der Waals surface area contributed by atoms with Crippen LogP contribution >= 0.6 is 0 Å². The van der Waals surface area contributed by atoms with Crippen molar-refractivity contribution < 1.29 is 4.39 Å². The molecule has 0 radical (unpaired) electrons. The maximum Gasteiger partial charge on any atom is 0.146 e. The van der Waals surface area contributed by atoms with Gasteiger partial charge < -0.3 is 10.6 Å². The molecule has 1 aliphatic rings. The second-order valence-electron chi connectivity index (χ2n) is 6.12.